The maximum Gasteiger partial charge on any atom is 0.165 e. The highest BCUT2D eigenvalue weighted by atomic mass is 31.0. The van der Waals surface area contributed by atoms with E-state index in [0.29, 0.717) is 19.4 Å². The van der Waals surface area contributed by atoms with E-state index in [0.717, 1.165) is 24.6 Å². The largest absolute Gasteiger partial charge is 0.474 e. The first-order valence-electron chi connectivity index (χ1n) is 13.3. The molecule has 2 aliphatic rings. The van der Waals surface area contributed by atoms with Gasteiger partial charge in [0.15, 0.2) is 5.78 Å². The van der Waals surface area contributed by atoms with Gasteiger partial charge < -0.3 is 15.0 Å². The number of ketones is 1. The van der Waals surface area contributed by atoms with E-state index in [9.17, 15) is 4.79 Å². The SMILES string of the molecule is C=COC=C.CCN(CC)CC.O=C1CC(NC2CCc3ccccc32)c2ccccc21.[2H]CCP. The molecule has 0 heterocycles. The predicted octanol–water partition coefficient (Wildman–Crippen LogP) is 7.11. The molecule has 3 atom stereocenters. The molecule has 3 unspecified atom stereocenters. The molecular weight excluding hydrogens is 451 g/mol. The second-order valence-corrected chi connectivity index (χ2v) is 8.68. The number of nitrogens with one attached hydrogen (secondary N) is 1. The van der Waals surface area contributed by atoms with E-state index in [-0.39, 0.29) is 11.8 Å². The van der Waals surface area contributed by atoms with Gasteiger partial charge in [-0.1, -0.05) is 89.4 Å². The average Bonchev–Trinajstić information content (AvgIpc) is 3.47. The fourth-order valence-corrected chi connectivity index (χ4v) is 4.32. The maximum absolute atomic E-state index is 12.1. The third-order valence-corrected chi connectivity index (χ3v) is 6.10. The maximum atomic E-state index is 12.1. The Balaban J connectivity index is 0.000000336. The van der Waals surface area contributed by atoms with Crippen molar-refractivity contribution in [1.29, 1.82) is 0 Å². The summed E-state index contributed by atoms with van der Waals surface area (Å²) in [5, 5.41) is 3.70. The van der Waals surface area contributed by atoms with Gasteiger partial charge >= 0.3 is 0 Å². The van der Waals surface area contributed by atoms with Gasteiger partial charge in [-0.2, -0.15) is 0 Å². The number of nitrogens with zero attached hydrogens (tertiary/aromatic N) is 1. The second-order valence-electron chi connectivity index (χ2n) is 8.10. The van der Waals surface area contributed by atoms with E-state index >= 15 is 0 Å². The molecule has 4 rings (SSSR count). The van der Waals surface area contributed by atoms with Gasteiger partial charge in [-0.05, 0) is 55.3 Å². The van der Waals surface area contributed by atoms with Crippen molar-refractivity contribution < 1.29 is 10.9 Å². The number of aryl methyl sites for hydroxylation is 1. The average molecular weight is 498 g/mol. The van der Waals surface area contributed by atoms with Crippen LogP contribution >= 0.6 is 9.24 Å². The van der Waals surface area contributed by atoms with Crippen molar-refractivity contribution >= 4 is 15.0 Å². The normalized spacial score (nSPS) is 17.3. The van der Waals surface area contributed by atoms with Gasteiger partial charge in [-0.25, -0.2) is 0 Å². The van der Waals surface area contributed by atoms with Gasteiger partial charge in [0.1, 0.15) is 0 Å². The van der Waals surface area contributed by atoms with Gasteiger partial charge in [0.25, 0.3) is 0 Å². The highest BCUT2D eigenvalue weighted by Gasteiger charge is 2.32. The molecule has 0 amide bonds. The smallest absolute Gasteiger partial charge is 0.165 e. The Morgan fingerprint density at radius 3 is 2.11 bits per heavy atom. The van der Waals surface area contributed by atoms with Gasteiger partial charge in [-0.15, -0.1) is 9.24 Å². The highest BCUT2D eigenvalue weighted by Crippen LogP contribution is 2.37. The summed E-state index contributed by atoms with van der Waals surface area (Å²) in [7, 11) is 2.47. The Morgan fingerprint density at radius 2 is 1.60 bits per heavy atom. The summed E-state index contributed by atoms with van der Waals surface area (Å²) < 4.78 is 10.8. The first-order chi connectivity index (χ1) is 17.5. The Labute approximate surface area is 217 Å². The number of fused-ring (bicyclic) bond motifs is 2. The van der Waals surface area contributed by atoms with Crippen LogP contribution in [0.2, 0.25) is 0 Å². The summed E-state index contributed by atoms with van der Waals surface area (Å²) in [5.41, 5.74) is 4.92. The zero-order valence-electron chi connectivity index (χ0n) is 22.8. The fourth-order valence-electron chi connectivity index (χ4n) is 4.32. The minimum atomic E-state index is 0.176. The van der Waals surface area contributed by atoms with Crippen molar-refractivity contribution in [1.82, 2.24) is 10.2 Å². The summed E-state index contributed by atoms with van der Waals surface area (Å²) in [6.45, 7) is 17.2. The Kier molecular flexibility index (Phi) is 15.0. The lowest BCUT2D eigenvalue weighted by Gasteiger charge is -2.20. The monoisotopic (exact) mass is 497 g/mol. The number of rotatable bonds is 7. The minimum absolute atomic E-state index is 0.176. The van der Waals surface area contributed by atoms with Crippen LogP contribution in [0, 0.1) is 0 Å². The van der Waals surface area contributed by atoms with Crippen molar-refractivity contribution in [2.75, 3.05) is 25.8 Å². The molecule has 5 heteroatoms. The van der Waals surface area contributed by atoms with Crippen molar-refractivity contribution in [3.8, 4) is 0 Å². The zero-order valence-corrected chi connectivity index (χ0v) is 23.0. The van der Waals surface area contributed by atoms with Crippen LogP contribution in [0.4, 0.5) is 0 Å². The van der Waals surface area contributed by atoms with Crippen LogP contribution in [0.1, 0.15) is 81.0 Å². The number of hydrogen-bond acceptors (Lipinski definition) is 4. The van der Waals surface area contributed by atoms with Crippen molar-refractivity contribution in [2.45, 2.75) is 59.0 Å². The molecule has 2 aromatic carbocycles. The van der Waals surface area contributed by atoms with Crippen LogP contribution in [-0.4, -0.2) is 36.5 Å². The summed E-state index contributed by atoms with van der Waals surface area (Å²) in [6.07, 6.45) is 6.39. The topological polar surface area (TPSA) is 41.6 Å². The number of carbonyl (C=O) groups is 1. The minimum Gasteiger partial charge on any atom is -0.474 e. The molecule has 0 fully saturated rings. The summed E-state index contributed by atoms with van der Waals surface area (Å²) >= 11 is 0. The number of Topliss-reactive ketones (excluding diaryl/α,β-unsaturated/α-hetero) is 1. The van der Waals surface area contributed by atoms with Crippen LogP contribution in [0.3, 0.4) is 0 Å². The van der Waals surface area contributed by atoms with Crippen LogP contribution < -0.4 is 5.32 Å². The molecule has 0 bridgehead atoms. The Morgan fingerprint density at radius 1 is 1.03 bits per heavy atom. The van der Waals surface area contributed by atoms with Gasteiger partial charge in [-0.3, -0.25) is 4.79 Å². The second kappa shape index (κ2) is 18.1. The number of hydrogen-bond donors (Lipinski definition) is 1. The lowest BCUT2D eigenvalue weighted by molar-refractivity contribution is 0.0984. The van der Waals surface area contributed by atoms with E-state index < -0.39 is 0 Å². The van der Waals surface area contributed by atoms with E-state index in [2.05, 4.69) is 88.5 Å². The van der Waals surface area contributed by atoms with E-state index in [1.165, 1.54) is 48.8 Å². The number of carbonyl (C=O) groups excluding carboxylic acids is 1. The first kappa shape index (κ1) is 29.0. The number of benzene rings is 2. The molecule has 1 N–H and O–H groups in total. The molecule has 0 saturated heterocycles. The summed E-state index contributed by atoms with van der Waals surface area (Å²) in [5.74, 6) is 0.268. The van der Waals surface area contributed by atoms with E-state index in [1.807, 2.05) is 18.2 Å². The quantitative estimate of drug-likeness (QED) is 0.327. The summed E-state index contributed by atoms with van der Waals surface area (Å²) in [6, 6.07) is 17.2. The standard InChI is InChI=1S/C18H17NO.C6H15N.C4H6O.C2H7P/c20-18-11-17(14-7-3-4-8-15(14)18)19-16-10-9-12-5-1-2-6-13(12)16;1-4-7(5-2)6-3;1-3-5-4-2;1-2-3/h1-8,16-17,19H,9-11H2;4-6H2,1-3H3;3-4H,1-2H2;2-3H2,1H3/i;;;1D. The first-order valence-corrected chi connectivity index (χ1v) is 13.4. The molecule has 0 saturated carbocycles. The molecule has 0 aromatic heterocycles. The van der Waals surface area contributed by atoms with Crippen LogP contribution in [-0.2, 0) is 11.2 Å². The highest BCUT2D eigenvalue weighted by molar-refractivity contribution is 7.16. The molecule has 35 heavy (non-hydrogen) atoms. The molecule has 4 nitrogen and oxygen atoms in total. The van der Waals surface area contributed by atoms with Crippen molar-refractivity contribution in [2.24, 2.45) is 0 Å². The third kappa shape index (κ3) is 10.1. The molecule has 192 valence electrons. The zero-order chi connectivity index (χ0) is 26.8. The third-order valence-electron chi connectivity index (χ3n) is 6.10. The molecule has 0 radical (unpaired) electrons. The fraction of sp³-hybridized carbons (Fsp3) is 0.433. The van der Waals surface area contributed by atoms with Gasteiger partial charge in [0.05, 0.1) is 12.5 Å². The van der Waals surface area contributed by atoms with Crippen LogP contribution in [0.25, 0.3) is 0 Å². The molecule has 0 spiro atoms. The van der Waals surface area contributed by atoms with Crippen molar-refractivity contribution in [3.05, 3.63) is 96.5 Å². The molecule has 2 aliphatic carbocycles. The van der Waals surface area contributed by atoms with Gasteiger partial charge in [0.2, 0.25) is 0 Å². The van der Waals surface area contributed by atoms with Crippen LogP contribution in [0.15, 0.2) is 74.2 Å². The summed E-state index contributed by atoms with van der Waals surface area (Å²) in [4.78, 5) is 14.4. The lowest BCUT2D eigenvalue weighted by atomic mass is 10.0. The van der Waals surface area contributed by atoms with E-state index in [4.69, 9.17) is 1.37 Å². The molecule has 0 aliphatic heterocycles. The number of ether oxygens (including phenoxy) is 1. The van der Waals surface area contributed by atoms with Crippen molar-refractivity contribution in [3.63, 3.8) is 0 Å². The van der Waals surface area contributed by atoms with Gasteiger partial charge in [0, 0.05) is 25.4 Å². The molecule has 2 aromatic rings. The van der Waals surface area contributed by atoms with Crippen LogP contribution in [0.5, 0.6) is 0 Å². The van der Waals surface area contributed by atoms with E-state index in [1.54, 1.807) is 0 Å². The lowest BCUT2D eigenvalue weighted by Crippen LogP contribution is -2.23. The Hall–Kier alpha value is -2.26. The predicted molar refractivity (Wildman–Crippen MR) is 154 cm³/mol. The molecular formula is C30H45N2O2P. The Bertz CT molecular complexity index is 904.